The molecule has 0 saturated carbocycles. The molecular weight excluding hydrogens is 250 g/mol. The van der Waals surface area contributed by atoms with Crippen LogP contribution < -0.4 is 16.6 Å². The van der Waals surface area contributed by atoms with E-state index in [0.717, 1.165) is 11.3 Å². The number of para-hydroxylation sites is 1. The first-order chi connectivity index (χ1) is 8.61. The summed E-state index contributed by atoms with van der Waals surface area (Å²) in [6.07, 6.45) is 0. The first-order valence-corrected chi connectivity index (χ1v) is 5.83. The van der Waals surface area contributed by atoms with Gasteiger partial charge in [-0.25, -0.2) is 15.8 Å². The minimum absolute atomic E-state index is 0.594. The molecule has 1 heterocycles. The van der Waals surface area contributed by atoms with Gasteiger partial charge in [0, 0.05) is 5.56 Å². The van der Waals surface area contributed by atoms with Gasteiger partial charge >= 0.3 is 0 Å². The average molecular weight is 264 g/mol. The van der Waals surface area contributed by atoms with Crippen molar-refractivity contribution in [2.45, 2.75) is 13.8 Å². The summed E-state index contributed by atoms with van der Waals surface area (Å²) in [7, 11) is 0. The van der Waals surface area contributed by atoms with E-state index in [4.69, 9.17) is 17.4 Å². The molecule has 2 aromatic rings. The van der Waals surface area contributed by atoms with Gasteiger partial charge in [0.25, 0.3) is 0 Å². The third-order valence-electron chi connectivity index (χ3n) is 2.52. The molecular formula is C12H14ClN5. The molecule has 94 valence electrons. The molecule has 0 aliphatic rings. The lowest BCUT2D eigenvalue weighted by molar-refractivity contribution is 1.03. The fraction of sp³-hybridized carbons (Fsp3) is 0.167. The molecule has 2 rings (SSSR count). The number of rotatable bonds is 3. The van der Waals surface area contributed by atoms with E-state index < -0.39 is 0 Å². The van der Waals surface area contributed by atoms with Crippen molar-refractivity contribution in [2.24, 2.45) is 5.84 Å². The van der Waals surface area contributed by atoms with Gasteiger partial charge in [-0.05, 0) is 26.0 Å². The molecule has 0 amide bonds. The van der Waals surface area contributed by atoms with Crippen LogP contribution in [0.25, 0.3) is 0 Å². The van der Waals surface area contributed by atoms with Gasteiger partial charge in [-0.15, -0.1) is 0 Å². The predicted molar refractivity (Wildman–Crippen MR) is 74.1 cm³/mol. The summed E-state index contributed by atoms with van der Waals surface area (Å²) in [5, 5.41) is 3.81. The number of nitrogens with one attached hydrogen (secondary N) is 2. The minimum atomic E-state index is 0.594. The zero-order chi connectivity index (χ0) is 13.1. The summed E-state index contributed by atoms with van der Waals surface area (Å²) in [6, 6.07) is 7.47. The zero-order valence-corrected chi connectivity index (χ0v) is 10.9. The number of nitrogens with two attached hydrogens (primary N) is 1. The van der Waals surface area contributed by atoms with E-state index in [1.54, 1.807) is 6.92 Å². The smallest absolute Gasteiger partial charge is 0.148 e. The largest absolute Gasteiger partial charge is 0.339 e. The first-order valence-electron chi connectivity index (χ1n) is 5.45. The number of halogens is 1. The molecule has 0 aliphatic heterocycles. The summed E-state index contributed by atoms with van der Waals surface area (Å²) in [5.41, 5.74) is 4.18. The van der Waals surface area contributed by atoms with Gasteiger partial charge in [0.15, 0.2) is 0 Å². The van der Waals surface area contributed by atoms with Crippen LogP contribution in [-0.2, 0) is 0 Å². The molecule has 1 aromatic carbocycles. The van der Waals surface area contributed by atoms with E-state index in [1.165, 1.54) is 0 Å². The van der Waals surface area contributed by atoms with E-state index >= 15 is 0 Å². The highest BCUT2D eigenvalue weighted by Gasteiger charge is 2.09. The average Bonchev–Trinajstić information content (AvgIpc) is 2.36. The molecule has 0 fully saturated rings. The number of nitrogens with zero attached hydrogens (tertiary/aromatic N) is 2. The molecule has 0 spiro atoms. The van der Waals surface area contributed by atoms with Crippen LogP contribution in [0.2, 0.25) is 5.02 Å². The number of hydrazine groups is 1. The molecule has 4 N–H and O–H groups in total. The van der Waals surface area contributed by atoms with E-state index in [2.05, 4.69) is 20.7 Å². The van der Waals surface area contributed by atoms with Crippen molar-refractivity contribution in [1.82, 2.24) is 9.97 Å². The quantitative estimate of drug-likeness (QED) is 0.586. The monoisotopic (exact) mass is 263 g/mol. The third kappa shape index (κ3) is 2.52. The van der Waals surface area contributed by atoms with Crippen molar-refractivity contribution in [1.29, 1.82) is 0 Å². The van der Waals surface area contributed by atoms with Crippen LogP contribution in [0.1, 0.15) is 11.4 Å². The number of nitrogen functional groups attached to an aromatic ring is 1. The van der Waals surface area contributed by atoms with E-state index in [9.17, 15) is 0 Å². The lowest BCUT2D eigenvalue weighted by Gasteiger charge is -2.13. The van der Waals surface area contributed by atoms with Gasteiger partial charge in [0.05, 0.1) is 10.7 Å². The highest BCUT2D eigenvalue weighted by Crippen LogP contribution is 2.27. The molecule has 0 bridgehead atoms. The summed E-state index contributed by atoms with van der Waals surface area (Å²) in [5.74, 6) is 7.32. The zero-order valence-electron chi connectivity index (χ0n) is 10.2. The number of benzene rings is 1. The van der Waals surface area contributed by atoms with Crippen LogP contribution in [0, 0.1) is 13.8 Å². The second kappa shape index (κ2) is 5.20. The Balaban J connectivity index is 2.40. The number of anilines is 3. The Labute approximate surface area is 110 Å². The molecule has 0 unspecified atom stereocenters. The van der Waals surface area contributed by atoms with E-state index in [1.807, 2.05) is 31.2 Å². The minimum Gasteiger partial charge on any atom is -0.339 e. The fourth-order valence-corrected chi connectivity index (χ4v) is 1.76. The van der Waals surface area contributed by atoms with E-state index in [-0.39, 0.29) is 0 Å². The van der Waals surface area contributed by atoms with Crippen LogP contribution in [0.4, 0.5) is 17.3 Å². The van der Waals surface area contributed by atoms with Crippen LogP contribution >= 0.6 is 11.6 Å². The normalized spacial score (nSPS) is 10.2. The molecule has 0 saturated heterocycles. The van der Waals surface area contributed by atoms with E-state index in [0.29, 0.717) is 22.5 Å². The van der Waals surface area contributed by atoms with Crippen LogP contribution in [0.5, 0.6) is 0 Å². The Morgan fingerprint density at radius 2 is 1.78 bits per heavy atom. The predicted octanol–water partition coefficient (Wildman–Crippen LogP) is 2.78. The van der Waals surface area contributed by atoms with Crippen LogP contribution in [0.15, 0.2) is 24.3 Å². The molecule has 5 nitrogen and oxygen atoms in total. The highest BCUT2D eigenvalue weighted by atomic mass is 35.5. The van der Waals surface area contributed by atoms with Gasteiger partial charge in [-0.1, -0.05) is 23.7 Å². The van der Waals surface area contributed by atoms with Crippen molar-refractivity contribution in [2.75, 3.05) is 10.7 Å². The number of aromatic nitrogens is 2. The maximum absolute atomic E-state index is 6.09. The second-order valence-electron chi connectivity index (χ2n) is 3.84. The summed E-state index contributed by atoms with van der Waals surface area (Å²) < 4.78 is 0. The number of hydrogen-bond acceptors (Lipinski definition) is 5. The van der Waals surface area contributed by atoms with Gasteiger partial charge in [-0.3, -0.25) is 0 Å². The Hall–Kier alpha value is -1.85. The van der Waals surface area contributed by atoms with Gasteiger partial charge in [-0.2, -0.15) is 0 Å². The Morgan fingerprint density at radius 1 is 1.11 bits per heavy atom. The maximum Gasteiger partial charge on any atom is 0.148 e. The lowest BCUT2D eigenvalue weighted by Crippen LogP contribution is -2.13. The van der Waals surface area contributed by atoms with Crippen molar-refractivity contribution >= 4 is 28.9 Å². The first kappa shape index (κ1) is 12.6. The molecule has 6 heteroatoms. The summed E-state index contributed by atoms with van der Waals surface area (Å²) in [6.45, 7) is 3.69. The Bertz CT molecular complexity index is 570. The SMILES string of the molecule is Cc1nc(NN)c(C)c(Nc2ccccc2Cl)n1. The van der Waals surface area contributed by atoms with Gasteiger partial charge in [0.2, 0.25) is 0 Å². The van der Waals surface area contributed by atoms with Crippen LogP contribution in [0.3, 0.4) is 0 Å². The summed E-state index contributed by atoms with van der Waals surface area (Å²) in [4.78, 5) is 8.54. The standard InChI is InChI=1S/C12H14ClN5/c1-7-11(15-8(2)16-12(7)18-14)17-10-6-4-3-5-9(10)13/h3-6H,14H2,1-2H3,(H2,15,16,17,18). The second-order valence-corrected chi connectivity index (χ2v) is 4.25. The van der Waals surface area contributed by atoms with Crippen molar-refractivity contribution < 1.29 is 0 Å². The fourth-order valence-electron chi connectivity index (χ4n) is 1.58. The van der Waals surface area contributed by atoms with Crippen molar-refractivity contribution in [3.8, 4) is 0 Å². The lowest BCUT2D eigenvalue weighted by atomic mass is 10.2. The highest BCUT2D eigenvalue weighted by molar-refractivity contribution is 6.33. The van der Waals surface area contributed by atoms with Gasteiger partial charge in [0.1, 0.15) is 17.5 Å². The molecule has 18 heavy (non-hydrogen) atoms. The number of aryl methyl sites for hydroxylation is 1. The molecule has 1 aromatic heterocycles. The number of hydrogen-bond donors (Lipinski definition) is 3. The molecule has 0 atom stereocenters. The topological polar surface area (TPSA) is 75.9 Å². The summed E-state index contributed by atoms with van der Waals surface area (Å²) >= 11 is 6.09. The Morgan fingerprint density at radius 3 is 2.44 bits per heavy atom. The maximum atomic E-state index is 6.09. The van der Waals surface area contributed by atoms with Crippen molar-refractivity contribution in [3.63, 3.8) is 0 Å². The van der Waals surface area contributed by atoms with Crippen LogP contribution in [-0.4, -0.2) is 9.97 Å². The molecule has 0 aliphatic carbocycles. The van der Waals surface area contributed by atoms with Gasteiger partial charge < -0.3 is 10.7 Å². The Kier molecular flexibility index (Phi) is 3.64. The van der Waals surface area contributed by atoms with Crippen molar-refractivity contribution in [3.05, 3.63) is 40.7 Å². The molecule has 0 radical (unpaired) electrons. The third-order valence-corrected chi connectivity index (χ3v) is 2.85.